The lowest BCUT2D eigenvalue weighted by Crippen LogP contribution is -2.48. The average molecular weight is 401 g/mol. The van der Waals surface area contributed by atoms with Crippen molar-refractivity contribution < 1.29 is 4.79 Å². The quantitative estimate of drug-likeness (QED) is 0.707. The Morgan fingerprint density at radius 2 is 1.93 bits per heavy atom. The molecule has 1 aliphatic rings. The lowest BCUT2D eigenvalue weighted by molar-refractivity contribution is -0.126. The molecule has 2 aromatic rings. The zero-order valence-electron chi connectivity index (χ0n) is 17.2. The van der Waals surface area contributed by atoms with E-state index in [2.05, 4.69) is 55.0 Å². The summed E-state index contributed by atoms with van der Waals surface area (Å²) in [6.07, 6.45) is 3.43. The fraction of sp³-hybridized carbons (Fsp3) is 0.455. The van der Waals surface area contributed by atoms with Crippen LogP contribution >= 0.6 is 11.6 Å². The molecule has 28 heavy (non-hydrogen) atoms. The molecule has 0 saturated carbocycles. The van der Waals surface area contributed by atoms with Gasteiger partial charge in [0.25, 0.3) is 0 Å². The third-order valence-corrected chi connectivity index (χ3v) is 5.40. The van der Waals surface area contributed by atoms with Crippen LogP contribution in [0.5, 0.6) is 0 Å². The van der Waals surface area contributed by atoms with E-state index < -0.39 is 0 Å². The van der Waals surface area contributed by atoms with Crippen LogP contribution in [0.2, 0.25) is 5.15 Å². The monoisotopic (exact) mass is 400 g/mol. The van der Waals surface area contributed by atoms with Gasteiger partial charge in [-0.25, -0.2) is 0 Å². The molecule has 6 heteroatoms. The van der Waals surface area contributed by atoms with E-state index in [1.165, 1.54) is 11.3 Å². The van der Waals surface area contributed by atoms with Crippen LogP contribution in [0.25, 0.3) is 6.08 Å². The zero-order chi connectivity index (χ0) is 20.3. The number of benzene rings is 1. The Morgan fingerprint density at radius 3 is 2.57 bits per heavy atom. The van der Waals surface area contributed by atoms with Gasteiger partial charge in [-0.1, -0.05) is 37.6 Å². The third-order valence-electron chi connectivity index (χ3n) is 5.00. The Labute approximate surface area is 172 Å². The standard InChI is InChI=1S/C22H29ClN4O/c1-16(2)15-27-22(23)20(18(4)24-27)8-9-21(28)26-12-10-25(11-13-26)19-7-5-6-17(3)14-19/h5-9,14,16H,10-13,15H2,1-4H3/b9-8+. The van der Waals surface area contributed by atoms with Gasteiger partial charge in [0.15, 0.2) is 0 Å². The average Bonchev–Trinajstić information content (AvgIpc) is 2.92. The minimum atomic E-state index is 0.0240. The number of nitrogens with zero attached hydrogens (tertiary/aromatic N) is 4. The number of hydrogen-bond acceptors (Lipinski definition) is 3. The molecule has 0 atom stereocenters. The maximum atomic E-state index is 12.6. The molecule has 150 valence electrons. The van der Waals surface area contributed by atoms with Crippen molar-refractivity contribution in [3.8, 4) is 0 Å². The highest BCUT2D eigenvalue weighted by Crippen LogP contribution is 2.23. The van der Waals surface area contributed by atoms with Gasteiger partial charge in [0.1, 0.15) is 5.15 Å². The van der Waals surface area contributed by atoms with Gasteiger partial charge in [-0.3, -0.25) is 9.48 Å². The van der Waals surface area contributed by atoms with E-state index in [0.29, 0.717) is 11.1 Å². The van der Waals surface area contributed by atoms with Gasteiger partial charge in [0, 0.05) is 50.1 Å². The fourth-order valence-electron chi connectivity index (χ4n) is 3.49. The molecule has 2 heterocycles. The summed E-state index contributed by atoms with van der Waals surface area (Å²) in [5.74, 6) is 0.482. The normalized spacial score (nSPS) is 15.1. The lowest BCUT2D eigenvalue weighted by atomic mass is 10.2. The van der Waals surface area contributed by atoms with Crippen LogP contribution < -0.4 is 4.90 Å². The molecule has 0 radical (unpaired) electrons. The second kappa shape index (κ2) is 8.82. The summed E-state index contributed by atoms with van der Waals surface area (Å²) in [5, 5.41) is 5.09. The van der Waals surface area contributed by atoms with Gasteiger partial charge >= 0.3 is 0 Å². The van der Waals surface area contributed by atoms with E-state index in [-0.39, 0.29) is 5.91 Å². The van der Waals surface area contributed by atoms with E-state index >= 15 is 0 Å². The predicted octanol–water partition coefficient (Wildman–Crippen LogP) is 4.17. The van der Waals surface area contributed by atoms with Crippen LogP contribution in [0.15, 0.2) is 30.3 Å². The zero-order valence-corrected chi connectivity index (χ0v) is 17.9. The molecule has 0 bridgehead atoms. The maximum absolute atomic E-state index is 12.6. The number of hydrogen-bond donors (Lipinski definition) is 0. The lowest BCUT2D eigenvalue weighted by Gasteiger charge is -2.35. The predicted molar refractivity (Wildman–Crippen MR) is 116 cm³/mol. The summed E-state index contributed by atoms with van der Waals surface area (Å²) in [7, 11) is 0. The van der Waals surface area contributed by atoms with Crippen LogP contribution in [-0.2, 0) is 11.3 Å². The van der Waals surface area contributed by atoms with Gasteiger partial charge in [0.05, 0.1) is 5.69 Å². The molecule has 1 fully saturated rings. The number of rotatable bonds is 5. The number of halogens is 1. The number of aryl methyl sites for hydroxylation is 2. The first-order chi connectivity index (χ1) is 13.3. The van der Waals surface area contributed by atoms with Crippen LogP contribution in [0.4, 0.5) is 5.69 Å². The Balaban J connectivity index is 1.61. The molecule has 5 nitrogen and oxygen atoms in total. The van der Waals surface area contributed by atoms with Gasteiger partial charge in [-0.15, -0.1) is 0 Å². The van der Waals surface area contributed by atoms with Crippen molar-refractivity contribution in [2.45, 2.75) is 34.2 Å². The number of carbonyl (C=O) groups is 1. The van der Waals surface area contributed by atoms with Crippen molar-refractivity contribution in [2.75, 3.05) is 31.1 Å². The van der Waals surface area contributed by atoms with E-state index in [0.717, 1.165) is 44.0 Å². The van der Waals surface area contributed by atoms with Crippen LogP contribution in [0.1, 0.15) is 30.7 Å². The Kier molecular flexibility index (Phi) is 6.45. The largest absolute Gasteiger partial charge is 0.368 e. The summed E-state index contributed by atoms with van der Waals surface area (Å²) in [4.78, 5) is 16.9. The summed E-state index contributed by atoms with van der Waals surface area (Å²) in [6.45, 7) is 12.2. The second-order valence-corrected chi connectivity index (χ2v) is 8.21. The summed E-state index contributed by atoms with van der Waals surface area (Å²) in [6, 6.07) is 8.50. The first-order valence-corrected chi connectivity index (χ1v) is 10.2. The highest BCUT2D eigenvalue weighted by molar-refractivity contribution is 6.31. The molecule has 1 aromatic heterocycles. The van der Waals surface area contributed by atoms with E-state index in [1.54, 1.807) is 12.2 Å². The van der Waals surface area contributed by atoms with E-state index in [4.69, 9.17) is 11.6 Å². The topological polar surface area (TPSA) is 41.4 Å². The summed E-state index contributed by atoms with van der Waals surface area (Å²) >= 11 is 6.46. The smallest absolute Gasteiger partial charge is 0.246 e. The first kappa shape index (κ1) is 20.5. The Bertz CT molecular complexity index is 863. The van der Waals surface area contributed by atoms with Crippen LogP contribution in [-0.4, -0.2) is 46.8 Å². The third kappa shape index (κ3) is 4.76. The fourth-order valence-corrected chi connectivity index (χ4v) is 3.80. The molecule has 1 amide bonds. The maximum Gasteiger partial charge on any atom is 0.246 e. The Morgan fingerprint density at radius 1 is 1.21 bits per heavy atom. The van der Waals surface area contributed by atoms with E-state index in [1.807, 2.05) is 16.5 Å². The minimum absolute atomic E-state index is 0.0240. The van der Waals surface area contributed by atoms with Gasteiger partial charge in [-0.05, 0) is 43.5 Å². The van der Waals surface area contributed by atoms with Crippen molar-refractivity contribution in [1.82, 2.24) is 14.7 Å². The molecule has 0 spiro atoms. The van der Waals surface area contributed by atoms with Crippen LogP contribution in [0, 0.1) is 19.8 Å². The van der Waals surface area contributed by atoms with Gasteiger partial charge in [0.2, 0.25) is 5.91 Å². The first-order valence-electron chi connectivity index (χ1n) is 9.86. The van der Waals surface area contributed by atoms with Crippen molar-refractivity contribution in [1.29, 1.82) is 0 Å². The second-order valence-electron chi connectivity index (χ2n) is 7.85. The van der Waals surface area contributed by atoms with E-state index in [9.17, 15) is 4.79 Å². The molecule has 1 aliphatic heterocycles. The van der Waals surface area contributed by atoms with Crippen molar-refractivity contribution in [2.24, 2.45) is 5.92 Å². The molecular formula is C22H29ClN4O. The number of anilines is 1. The molecule has 0 unspecified atom stereocenters. The molecular weight excluding hydrogens is 372 g/mol. The van der Waals surface area contributed by atoms with Gasteiger partial charge < -0.3 is 9.80 Å². The highest BCUT2D eigenvalue weighted by atomic mass is 35.5. The summed E-state index contributed by atoms with van der Waals surface area (Å²) < 4.78 is 1.81. The molecule has 3 rings (SSSR count). The Hall–Kier alpha value is -2.27. The highest BCUT2D eigenvalue weighted by Gasteiger charge is 2.20. The molecule has 1 saturated heterocycles. The van der Waals surface area contributed by atoms with Crippen molar-refractivity contribution >= 4 is 29.3 Å². The van der Waals surface area contributed by atoms with Crippen LogP contribution in [0.3, 0.4) is 0 Å². The number of carbonyl (C=O) groups excluding carboxylic acids is 1. The van der Waals surface area contributed by atoms with Gasteiger partial charge in [-0.2, -0.15) is 5.10 Å². The van der Waals surface area contributed by atoms with Crippen molar-refractivity contribution in [3.63, 3.8) is 0 Å². The number of amides is 1. The minimum Gasteiger partial charge on any atom is -0.368 e. The number of aromatic nitrogens is 2. The molecule has 0 aliphatic carbocycles. The summed E-state index contributed by atoms with van der Waals surface area (Å²) in [5.41, 5.74) is 4.15. The number of piperazine rings is 1. The SMILES string of the molecule is Cc1cccc(N2CCN(C(=O)/C=C/c3c(C)nn(CC(C)C)c3Cl)CC2)c1. The molecule has 1 aromatic carbocycles. The van der Waals surface area contributed by atoms with Crippen molar-refractivity contribution in [3.05, 3.63) is 52.3 Å². The molecule has 0 N–H and O–H groups in total.